The first kappa shape index (κ1) is 8.88. The molecule has 3 nitrogen and oxygen atoms in total. The maximum absolute atomic E-state index is 8.45. The van der Waals surface area contributed by atoms with Crippen LogP contribution in [0.5, 0.6) is 0 Å². The molecule has 0 aliphatic carbocycles. The van der Waals surface area contributed by atoms with Crippen LogP contribution in [0.1, 0.15) is 0 Å². The fourth-order valence-electron chi connectivity index (χ4n) is 0. The first-order chi connectivity index (χ1) is 1.41. The summed E-state index contributed by atoms with van der Waals surface area (Å²) in [6.07, 6.45) is 0. The molecule has 0 saturated carbocycles. The van der Waals surface area contributed by atoms with E-state index in [4.69, 9.17) is 8.08 Å². The van der Waals surface area contributed by atoms with Gasteiger partial charge in [-0.25, -0.2) is 0 Å². The van der Waals surface area contributed by atoms with Crippen molar-refractivity contribution in [1.82, 2.24) is 0 Å². The van der Waals surface area contributed by atoms with Crippen molar-refractivity contribution >= 4 is 0 Å². The minimum atomic E-state index is -0.812. The molecule has 4 heteroatoms. The van der Waals surface area contributed by atoms with E-state index in [-0.39, 0.29) is 5.48 Å². The molecule has 0 aromatic carbocycles. The fourth-order valence-corrected chi connectivity index (χ4v) is 0. The van der Waals surface area contributed by atoms with Crippen LogP contribution in [0, 0.1) is 0 Å². The number of rotatable bonds is 0. The summed E-state index contributed by atoms with van der Waals surface area (Å²) >= 11 is -0.812. The molecule has 30 valence electrons. The molecule has 0 spiro atoms. The topological polar surface area (TPSA) is 68.8 Å². The van der Waals surface area contributed by atoms with E-state index in [0.29, 0.717) is 0 Å². The average Bonchev–Trinajstić information content (AvgIpc) is 0.918. The Hall–Kier alpha value is 0.226. The van der Waals surface area contributed by atoms with Crippen LogP contribution < -0.4 is 0 Å². The molecular formula is H3CoO3. The summed E-state index contributed by atoms with van der Waals surface area (Å²) in [5.74, 6) is 0. The Labute approximate surface area is 29.4 Å². The molecule has 0 fully saturated rings. The molecule has 0 saturated heterocycles. The standard InChI is InChI=1S/Co.2H2O.O/h;2*1H2;/q+1;;;/p-1. The summed E-state index contributed by atoms with van der Waals surface area (Å²) in [5.41, 5.74) is 0. The Kier molecular flexibility index (Phi) is 23.6. The van der Waals surface area contributed by atoms with E-state index >= 15 is 0 Å². The molecular weight excluding hydrogens is 107 g/mol. The first-order valence-corrected chi connectivity index (χ1v) is 1.18. The molecule has 0 aromatic rings. The molecule has 0 bridgehead atoms. The van der Waals surface area contributed by atoms with E-state index < -0.39 is 15.0 Å². The Morgan fingerprint density at radius 2 is 1.75 bits per heavy atom. The Bertz CT molecular complexity index is 10.8. The summed E-state index contributed by atoms with van der Waals surface area (Å²) in [7, 11) is 0. The van der Waals surface area contributed by atoms with Crippen LogP contribution in [0.15, 0.2) is 0 Å². The molecule has 0 aliphatic rings. The van der Waals surface area contributed by atoms with Crippen LogP contribution in [0.3, 0.4) is 0 Å². The second-order valence-corrected chi connectivity index (χ2v) is 0.251. The molecule has 0 heterocycles. The third-order valence-electron chi connectivity index (χ3n) is 0. The van der Waals surface area contributed by atoms with Gasteiger partial charge in [0.05, 0.1) is 0 Å². The van der Waals surface area contributed by atoms with Crippen molar-refractivity contribution in [3.8, 4) is 0 Å². The normalized spacial score (nSPS) is 5.25. The van der Waals surface area contributed by atoms with Crippen molar-refractivity contribution in [2.75, 3.05) is 0 Å². The van der Waals surface area contributed by atoms with Crippen LogP contribution >= 0.6 is 0 Å². The van der Waals surface area contributed by atoms with Gasteiger partial charge < -0.3 is 5.48 Å². The summed E-state index contributed by atoms with van der Waals surface area (Å²) in [4.78, 5) is 0. The monoisotopic (exact) mass is 110 g/mol. The number of hydrogen-bond donors (Lipinski definition) is 1. The van der Waals surface area contributed by atoms with Crippen molar-refractivity contribution in [2.45, 2.75) is 0 Å². The van der Waals surface area contributed by atoms with Gasteiger partial charge in [-0.3, -0.25) is 0 Å². The van der Waals surface area contributed by atoms with E-state index in [2.05, 4.69) is 0 Å². The van der Waals surface area contributed by atoms with Gasteiger partial charge in [-0.1, -0.05) is 0 Å². The zero-order chi connectivity index (χ0) is 2.71. The molecule has 4 heavy (non-hydrogen) atoms. The minimum absolute atomic E-state index is 0. The van der Waals surface area contributed by atoms with Crippen molar-refractivity contribution < 1.29 is 28.5 Å². The average molecular weight is 110 g/mol. The zero-order valence-corrected chi connectivity index (χ0v) is 2.73. The van der Waals surface area contributed by atoms with Gasteiger partial charge in [0, 0.05) is 0 Å². The third kappa shape index (κ3) is 65.3. The molecule has 0 radical (unpaired) electrons. The summed E-state index contributed by atoms with van der Waals surface area (Å²) in [6.45, 7) is 0. The van der Waals surface area contributed by atoms with E-state index in [1.165, 1.54) is 0 Å². The molecule has 0 rings (SSSR count). The van der Waals surface area contributed by atoms with Gasteiger partial charge in [0.25, 0.3) is 0 Å². The summed E-state index contributed by atoms with van der Waals surface area (Å²) in [5, 5.41) is 0. The Balaban J connectivity index is 0. The van der Waals surface area contributed by atoms with Crippen LogP contribution in [-0.2, 0) is 18.8 Å². The predicted molar refractivity (Wildman–Crippen MR) is 6.52 cm³/mol. The van der Waals surface area contributed by atoms with Gasteiger partial charge in [-0.15, -0.1) is 0 Å². The van der Waals surface area contributed by atoms with Crippen LogP contribution in [0.4, 0.5) is 0 Å². The van der Waals surface area contributed by atoms with Crippen LogP contribution in [0.25, 0.3) is 0 Å². The van der Waals surface area contributed by atoms with Gasteiger partial charge in [-0.2, -0.15) is 0 Å². The van der Waals surface area contributed by atoms with E-state index in [1.807, 2.05) is 0 Å². The molecule has 0 aromatic heterocycles. The van der Waals surface area contributed by atoms with Crippen LogP contribution in [0.2, 0.25) is 0 Å². The third-order valence-corrected chi connectivity index (χ3v) is 0. The van der Waals surface area contributed by atoms with E-state index in [0.717, 1.165) is 0 Å². The molecule has 0 atom stereocenters. The maximum atomic E-state index is 8.45. The van der Waals surface area contributed by atoms with Gasteiger partial charge in [0.15, 0.2) is 0 Å². The fraction of sp³-hybridized carbons (Fsp3) is 0. The molecule has 0 unspecified atom stereocenters. The summed E-state index contributed by atoms with van der Waals surface area (Å²) < 4.78 is 15.4. The molecule has 0 amide bonds. The zero-order valence-electron chi connectivity index (χ0n) is 1.69. The predicted octanol–water partition coefficient (Wildman–Crippen LogP) is -1.50. The Morgan fingerprint density at radius 3 is 1.75 bits per heavy atom. The van der Waals surface area contributed by atoms with Gasteiger partial charge in [-0.05, 0) is 0 Å². The van der Waals surface area contributed by atoms with Crippen molar-refractivity contribution in [3.05, 3.63) is 0 Å². The van der Waals surface area contributed by atoms with Gasteiger partial charge in [0.2, 0.25) is 0 Å². The SMILES string of the molecule is O.[O]=[Co][OH]. The molecule has 3 N–H and O–H groups in total. The van der Waals surface area contributed by atoms with E-state index in [1.54, 1.807) is 0 Å². The number of hydrogen-bond acceptors (Lipinski definition) is 1. The second kappa shape index (κ2) is 10.6. The second-order valence-electron chi connectivity index (χ2n) is 0.0609. The van der Waals surface area contributed by atoms with Crippen molar-refractivity contribution in [2.24, 2.45) is 0 Å². The van der Waals surface area contributed by atoms with Gasteiger partial charge >= 0.3 is 23.0 Å². The van der Waals surface area contributed by atoms with E-state index in [9.17, 15) is 0 Å². The van der Waals surface area contributed by atoms with Crippen LogP contribution in [-0.4, -0.2) is 9.70 Å². The van der Waals surface area contributed by atoms with Crippen molar-refractivity contribution in [1.29, 1.82) is 0 Å². The molecule has 0 aliphatic heterocycles. The first-order valence-electron chi connectivity index (χ1n) is 0.285. The van der Waals surface area contributed by atoms with Crippen molar-refractivity contribution in [3.63, 3.8) is 0 Å². The van der Waals surface area contributed by atoms with Gasteiger partial charge in [0.1, 0.15) is 0 Å². The quantitative estimate of drug-likeness (QED) is 0.412. The Morgan fingerprint density at radius 1 is 1.75 bits per heavy atom. The summed E-state index contributed by atoms with van der Waals surface area (Å²) in [6, 6.07) is 0.